The molecular formula is C50H92O14. The Hall–Kier alpha value is -1.53. The van der Waals surface area contributed by atoms with E-state index in [-0.39, 0.29) is 25.6 Å². The van der Waals surface area contributed by atoms with Crippen LogP contribution >= 0.6 is 0 Å². The van der Waals surface area contributed by atoms with Crippen LogP contribution in [0.25, 0.3) is 0 Å². The van der Waals surface area contributed by atoms with Crippen LogP contribution in [0.15, 0.2) is 24.3 Å². The maximum atomic E-state index is 13.0. The third kappa shape index (κ3) is 26.1. The molecule has 2 rings (SSSR count). The number of esters is 1. The molecule has 14 heteroatoms. The third-order valence-corrected chi connectivity index (χ3v) is 12.2. The van der Waals surface area contributed by atoms with Gasteiger partial charge in [0.15, 0.2) is 12.6 Å². The maximum absolute atomic E-state index is 13.0. The lowest BCUT2D eigenvalue weighted by Crippen LogP contribution is -2.61. The van der Waals surface area contributed by atoms with Crippen LogP contribution in [0.2, 0.25) is 0 Å². The van der Waals surface area contributed by atoms with Gasteiger partial charge in [-0.1, -0.05) is 167 Å². The van der Waals surface area contributed by atoms with Crippen LogP contribution < -0.4 is 0 Å². The predicted octanol–water partition coefficient (Wildman–Crippen LogP) is 7.24. The Labute approximate surface area is 386 Å². The molecule has 11 unspecified atom stereocenters. The zero-order valence-electron chi connectivity index (χ0n) is 39.8. The van der Waals surface area contributed by atoms with Crippen molar-refractivity contribution < 1.29 is 69.0 Å². The van der Waals surface area contributed by atoms with E-state index >= 15 is 0 Å². The molecule has 0 spiro atoms. The van der Waals surface area contributed by atoms with Gasteiger partial charge in [-0.2, -0.15) is 0 Å². The molecule has 11 atom stereocenters. The van der Waals surface area contributed by atoms with E-state index in [0.29, 0.717) is 13.0 Å². The molecule has 64 heavy (non-hydrogen) atoms. The molecule has 376 valence electrons. The summed E-state index contributed by atoms with van der Waals surface area (Å²) < 4.78 is 34.2. The highest BCUT2D eigenvalue weighted by Crippen LogP contribution is 2.26. The number of carbonyl (C=O) groups is 1. The first kappa shape index (κ1) is 58.6. The van der Waals surface area contributed by atoms with Crippen molar-refractivity contribution in [3.8, 4) is 0 Å². The molecule has 14 nitrogen and oxygen atoms in total. The minimum absolute atomic E-state index is 0.0597. The van der Waals surface area contributed by atoms with Gasteiger partial charge in [0, 0.05) is 13.0 Å². The molecule has 7 N–H and O–H groups in total. The fourth-order valence-electron chi connectivity index (χ4n) is 8.03. The van der Waals surface area contributed by atoms with Crippen molar-refractivity contribution in [3.63, 3.8) is 0 Å². The number of hydrogen-bond acceptors (Lipinski definition) is 14. The van der Waals surface area contributed by atoms with Gasteiger partial charge < -0.3 is 64.2 Å². The van der Waals surface area contributed by atoms with Gasteiger partial charge in [-0.15, -0.1) is 0 Å². The van der Waals surface area contributed by atoms with Crippen LogP contribution in [0.4, 0.5) is 0 Å². The van der Waals surface area contributed by atoms with Crippen LogP contribution in [0.3, 0.4) is 0 Å². The first-order valence-electron chi connectivity index (χ1n) is 25.4. The fraction of sp³-hybridized carbons (Fsp3) is 0.900. The minimum atomic E-state index is -1.71. The van der Waals surface area contributed by atoms with Gasteiger partial charge in [0.1, 0.15) is 54.9 Å². The van der Waals surface area contributed by atoms with Gasteiger partial charge in [-0.05, 0) is 38.5 Å². The second kappa shape index (κ2) is 38.4. The van der Waals surface area contributed by atoms with Crippen molar-refractivity contribution in [3.05, 3.63) is 24.3 Å². The quantitative estimate of drug-likeness (QED) is 0.0184. The molecule has 2 aliphatic rings. The third-order valence-electron chi connectivity index (χ3n) is 12.2. The lowest BCUT2D eigenvalue weighted by atomic mass is 9.98. The highest BCUT2D eigenvalue weighted by Gasteiger charge is 2.47. The number of aliphatic hydroxyl groups excluding tert-OH is 7. The molecule has 2 saturated heterocycles. The van der Waals surface area contributed by atoms with Crippen LogP contribution in [0.1, 0.15) is 187 Å². The summed E-state index contributed by atoms with van der Waals surface area (Å²) in [4.78, 5) is 13.0. The molecule has 0 bridgehead atoms. The average Bonchev–Trinajstić information content (AvgIpc) is 3.29. The molecule has 0 aromatic carbocycles. The van der Waals surface area contributed by atoms with Crippen molar-refractivity contribution >= 4 is 5.97 Å². The summed E-state index contributed by atoms with van der Waals surface area (Å²) in [5, 5.41) is 72.1. The maximum Gasteiger partial charge on any atom is 0.306 e. The lowest BCUT2D eigenvalue weighted by molar-refractivity contribution is -0.332. The minimum Gasteiger partial charge on any atom is -0.457 e. The van der Waals surface area contributed by atoms with Crippen LogP contribution in [-0.4, -0.2) is 142 Å². The van der Waals surface area contributed by atoms with Crippen molar-refractivity contribution in [1.82, 2.24) is 0 Å². The second-order valence-corrected chi connectivity index (χ2v) is 18.0. The summed E-state index contributed by atoms with van der Waals surface area (Å²) in [6, 6.07) is 0. The second-order valence-electron chi connectivity index (χ2n) is 18.0. The van der Waals surface area contributed by atoms with Crippen molar-refractivity contribution in [2.24, 2.45) is 0 Å². The normalized spacial score (nSPS) is 26.9. The summed E-state index contributed by atoms with van der Waals surface area (Å²) in [5.41, 5.74) is 0. The Morgan fingerprint density at radius 1 is 0.516 bits per heavy atom. The van der Waals surface area contributed by atoms with Crippen molar-refractivity contribution in [2.45, 2.75) is 255 Å². The zero-order chi connectivity index (χ0) is 46.6. The SMILES string of the molecule is CCC/C=C\C/C=C\CCCCCCCC(=O)OC(COCCCCCCCCCCCCCCCCCCC)COC1OC(COC2OC(CO)C(O)C(O)C2O)C(O)C(O)C1O. The van der Waals surface area contributed by atoms with Crippen LogP contribution in [0.5, 0.6) is 0 Å². The summed E-state index contributed by atoms with van der Waals surface area (Å²) in [6.07, 6.45) is 23.8. The molecule has 0 aromatic heterocycles. The molecular weight excluding hydrogens is 825 g/mol. The first-order chi connectivity index (χ1) is 31.1. The van der Waals surface area contributed by atoms with Gasteiger partial charge in [0.2, 0.25) is 0 Å². The Bertz CT molecular complexity index is 1160. The topological polar surface area (TPSA) is 214 Å². The molecule has 0 radical (unpaired) electrons. The number of ether oxygens (including phenoxy) is 6. The van der Waals surface area contributed by atoms with E-state index in [9.17, 15) is 40.5 Å². The largest absolute Gasteiger partial charge is 0.457 e. The number of aliphatic hydroxyl groups is 7. The van der Waals surface area contributed by atoms with Gasteiger partial charge in [-0.25, -0.2) is 0 Å². The molecule has 2 fully saturated rings. The van der Waals surface area contributed by atoms with E-state index in [1.54, 1.807) is 0 Å². The van der Waals surface area contributed by atoms with Gasteiger partial charge >= 0.3 is 5.97 Å². The summed E-state index contributed by atoms with van der Waals surface area (Å²) in [7, 11) is 0. The van der Waals surface area contributed by atoms with Gasteiger partial charge in [0.25, 0.3) is 0 Å². The number of hydrogen-bond donors (Lipinski definition) is 7. The first-order valence-corrected chi connectivity index (χ1v) is 25.4. The fourth-order valence-corrected chi connectivity index (χ4v) is 8.03. The summed E-state index contributed by atoms with van der Waals surface area (Å²) in [6.45, 7) is 3.62. The Morgan fingerprint density at radius 2 is 1.00 bits per heavy atom. The van der Waals surface area contributed by atoms with Crippen LogP contribution in [0, 0.1) is 0 Å². The predicted molar refractivity (Wildman–Crippen MR) is 247 cm³/mol. The number of carbonyl (C=O) groups excluding carboxylic acids is 1. The standard InChI is InChI=1S/C50H92O14/c1-3-5-7-9-11-13-15-17-18-19-20-22-24-26-28-30-32-34-59-36-39(62-42(52)33-31-29-27-25-23-21-16-14-12-10-8-6-4-2)37-60-49-48(58)46(56)44(54)41(64-49)38-61-50-47(57)45(55)43(53)40(35-51)63-50/h8,10,14,16,39-41,43-51,53-58H,3-7,9,11-13,15,17-38H2,1-2H3/b10-8-,16-14-. The van der Waals surface area contributed by atoms with Crippen molar-refractivity contribution in [2.75, 3.05) is 33.0 Å². The zero-order valence-corrected chi connectivity index (χ0v) is 39.8. The highest BCUT2D eigenvalue weighted by atomic mass is 16.7. The number of allylic oxidation sites excluding steroid dienone is 4. The molecule has 2 heterocycles. The van der Waals surface area contributed by atoms with E-state index < -0.39 is 80.7 Å². The Kier molecular flexibility index (Phi) is 35.2. The molecule has 2 aliphatic heterocycles. The Morgan fingerprint density at radius 3 is 1.56 bits per heavy atom. The molecule has 0 aromatic rings. The summed E-state index contributed by atoms with van der Waals surface area (Å²) in [5.74, 6) is -0.388. The van der Waals surface area contributed by atoms with E-state index in [4.69, 9.17) is 28.4 Å². The molecule has 0 amide bonds. The van der Waals surface area contributed by atoms with Crippen LogP contribution in [-0.2, 0) is 33.2 Å². The number of rotatable bonds is 40. The smallest absolute Gasteiger partial charge is 0.306 e. The van der Waals surface area contributed by atoms with Crippen molar-refractivity contribution in [1.29, 1.82) is 0 Å². The van der Waals surface area contributed by atoms with Gasteiger partial charge in [-0.3, -0.25) is 4.79 Å². The average molecular weight is 917 g/mol. The number of unbranched alkanes of at least 4 members (excludes halogenated alkanes) is 22. The Balaban J connectivity index is 1.77. The van der Waals surface area contributed by atoms with E-state index in [1.807, 2.05) is 0 Å². The molecule has 0 saturated carbocycles. The van der Waals surface area contributed by atoms with E-state index in [0.717, 1.165) is 64.2 Å². The van der Waals surface area contributed by atoms with Gasteiger partial charge in [0.05, 0.1) is 26.4 Å². The monoisotopic (exact) mass is 917 g/mol. The highest BCUT2D eigenvalue weighted by molar-refractivity contribution is 5.69. The van der Waals surface area contributed by atoms with E-state index in [2.05, 4.69) is 38.2 Å². The summed E-state index contributed by atoms with van der Waals surface area (Å²) >= 11 is 0. The van der Waals surface area contributed by atoms with E-state index in [1.165, 1.54) is 96.3 Å². The lowest BCUT2D eigenvalue weighted by Gasteiger charge is -2.42. The molecule has 0 aliphatic carbocycles.